The summed E-state index contributed by atoms with van der Waals surface area (Å²) in [6.45, 7) is 17.6. The van der Waals surface area contributed by atoms with Crippen molar-refractivity contribution in [1.29, 1.82) is 0 Å². The Morgan fingerprint density at radius 1 is 1.00 bits per heavy atom. The molecular formula is C34H52O8. The van der Waals surface area contributed by atoms with Crippen LogP contribution in [0.5, 0.6) is 0 Å². The van der Waals surface area contributed by atoms with E-state index in [2.05, 4.69) is 60.6 Å². The predicted octanol–water partition coefficient (Wildman–Crippen LogP) is 4.70. The standard InChI is InChI=1S/C34H52O8/c1-17(2)12-20-13-21(30(39)42-20)22-10-11-24-32(22,7)16-23(37)29-33(8)25(14-28(34(24,29)9)41-19(4)36)31(5,6)27(15-26(33)38)40-18(3)35/h11,13,17,20,22-23,25-30,37-39H,10,12,14-16H2,1-9H3/t20-,22+,23-,25+,26-,27-,28-,29-,30+,32+,33-,34-/m1/s1. The number of esters is 2. The molecule has 0 aromatic heterocycles. The smallest absolute Gasteiger partial charge is 0.302 e. The summed E-state index contributed by atoms with van der Waals surface area (Å²) in [6.07, 6.45) is 3.25. The fraction of sp³-hybridized carbons (Fsp3) is 0.824. The third kappa shape index (κ3) is 4.53. The second kappa shape index (κ2) is 10.4. The van der Waals surface area contributed by atoms with E-state index in [4.69, 9.17) is 14.2 Å². The molecule has 236 valence electrons. The van der Waals surface area contributed by atoms with E-state index in [1.807, 2.05) is 0 Å². The molecule has 0 radical (unpaired) electrons. The molecule has 0 aromatic rings. The highest BCUT2D eigenvalue weighted by Gasteiger charge is 2.74. The van der Waals surface area contributed by atoms with Crippen LogP contribution in [0.15, 0.2) is 23.3 Å². The van der Waals surface area contributed by atoms with Gasteiger partial charge in [-0.05, 0) is 54.4 Å². The number of rotatable bonds is 5. The summed E-state index contributed by atoms with van der Waals surface area (Å²) in [5.41, 5.74) is -0.517. The molecule has 3 saturated carbocycles. The number of fused-ring (bicyclic) bond motifs is 5. The number of ether oxygens (including phenoxy) is 3. The summed E-state index contributed by atoms with van der Waals surface area (Å²) < 4.78 is 17.9. The van der Waals surface area contributed by atoms with E-state index >= 15 is 0 Å². The Bertz CT molecular complexity index is 1170. The molecule has 1 heterocycles. The Kier molecular flexibility index (Phi) is 7.86. The predicted molar refractivity (Wildman–Crippen MR) is 157 cm³/mol. The maximum Gasteiger partial charge on any atom is 0.302 e. The largest absolute Gasteiger partial charge is 0.462 e. The molecular weight excluding hydrogens is 536 g/mol. The van der Waals surface area contributed by atoms with Gasteiger partial charge in [0.05, 0.1) is 18.3 Å². The van der Waals surface area contributed by atoms with Crippen LogP contribution >= 0.6 is 0 Å². The maximum atomic E-state index is 12.6. The van der Waals surface area contributed by atoms with E-state index in [9.17, 15) is 24.9 Å². The Labute approximate surface area is 250 Å². The fourth-order valence-electron chi connectivity index (χ4n) is 10.7. The molecule has 0 saturated heterocycles. The molecule has 12 atom stereocenters. The topological polar surface area (TPSA) is 123 Å². The first-order chi connectivity index (χ1) is 19.4. The summed E-state index contributed by atoms with van der Waals surface area (Å²) in [5, 5.41) is 35.2. The van der Waals surface area contributed by atoms with E-state index in [-0.39, 0.29) is 36.3 Å². The number of allylic oxidation sites excluding steroid dienone is 1. The molecule has 5 aliphatic rings. The van der Waals surface area contributed by atoms with Crippen LogP contribution in [0.2, 0.25) is 0 Å². The van der Waals surface area contributed by atoms with Crippen LogP contribution in [0.25, 0.3) is 0 Å². The van der Waals surface area contributed by atoms with Gasteiger partial charge in [0.25, 0.3) is 0 Å². The minimum Gasteiger partial charge on any atom is -0.462 e. The van der Waals surface area contributed by atoms with Crippen LogP contribution in [0.1, 0.15) is 94.4 Å². The van der Waals surface area contributed by atoms with Crippen LogP contribution in [0.3, 0.4) is 0 Å². The second-order valence-electron chi connectivity index (χ2n) is 15.6. The zero-order valence-corrected chi connectivity index (χ0v) is 26.8. The summed E-state index contributed by atoms with van der Waals surface area (Å²) in [6, 6.07) is 0. The quantitative estimate of drug-likeness (QED) is 0.312. The van der Waals surface area contributed by atoms with Gasteiger partial charge in [-0.15, -0.1) is 0 Å². The summed E-state index contributed by atoms with van der Waals surface area (Å²) >= 11 is 0. The first-order valence-corrected chi connectivity index (χ1v) is 15.8. The SMILES string of the molecule is CC(=O)O[C@@H]1C[C@@H](O)[C@@]2(C)[C@@H](C[C@@H](OC(C)=O)[C@@]3(C)C4=CC[C@@H](C5=C[C@@H](CC(C)C)O[C@@H]5O)[C@]4(C)C[C@@H](O)[C@@H]32)C1(C)C. The summed E-state index contributed by atoms with van der Waals surface area (Å²) in [4.78, 5) is 24.6. The molecule has 3 N–H and O–H groups in total. The van der Waals surface area contributed by atoms with Crippen LogP contribution in [0, 0.1) is 45.3 Å². The second-order valence-corrected chi connectivity index (χ2v) is 15.6. The average Bonchev–Trinajstić information content (AvgIpc) is 3.36. The number of aliphatic hydroxyl groups is 3. The Morgan fingerprint density at radius 2 is 1.62 bits per heavy atom. The summed E-state index contributed by atoms with van der Waals surface area (Å²) in [7, 11) is 0. The zero-order chi connectivity index (χ0) is 31.2. The highest BCUT2D eigenvalue weighted by molar-refractivity contribution is 5.67. The molecule has 0 aromatic carbocycles. The third-order valence-corrected chi connectivity index (χ3v) is 12.3. The number of carbonyl (C=O) groups is 2. The molecule has 4 aliphatic carbocycles. The van der Waals surface area contributed by atoms with Crippen LogP contribution in [0.4, 0.5) is 0 Å². The van der Waals surface area contributed by atoms with Crippen LogP contribution in [-0.2, 0) is 23.8 Å². The molecule has 5 rings (SSSR count). The first kappa shape index (κ1) is 31.7. The lowest BCUT2D eigenvalue weighted by Crippen LogP contribution is -2.72. The first-order valence-electron chi connectivity index (χ1n) is 15.8. The van der Waals surface area contributed by atoms with Crippen molar-refractivity contribution in [2.75, 3.05) is 0 Å². The van der Waals surface area contributed by atoms with Gasteiger partial charge < -0.3 is 29.5 Å². The van der Waals surface area contributed by atoms with Gasteiger partial charge in [-0.25, -0.2) is 0 Å². The highest BCUT2D eigenvalue weighted by atomic mass is 16.6. The Balaban J connectivity index is 1.59. The molecule has 1 aliphatic heterocycles. The van der Waals surface area contributed by atoms with Crippen molar-refractivity contribution in [1.82, 2.24) is 0 Å². The van der Waals surface area contributed by atoms with Gasteiger partial charge in [0.1, 0.15) is 12.2 Å². The monoisotopic (exact) mass is 588 g/mol. The number of hydrogen-bond acceptors (Lipinski definition) is 8. The van der Waals surface area contributed by atoms with Gasteiger partial charge in [0.2, 0.25) is 0 Å². The van der Waals surface area contributed by atoms with Crippen molar-refractivity contribution < 1.29 is 39.1 Å². The van der Waals surface area contributed by atoms with Crippen molar-refractivity contribution in [2.24, 2.45) is 45.3 Å². The van der Waals surface area contributed by atoms with Gasteiger partial charge in [0.15, 0.2) is 6.29 Å². The molecule has 8 nitrogen and oxygen atoms in total. The molecule has 0 bridgehead atoms. The average molecular weight is 589 g/mol. The Hall–Kier alpha value is -1.74. The van der Waals surface area contributed by atoms with E-state index in [0.29, 0.717) is 25.2 Å². The van der Waals surface area contributed by atoms with Crippen molar-refractivity contribution in [2.45, 2.75) is 131 Å². The zero-order valence-electron chi connectivity index (χ0n) is 26.8. The lowest BCUT2D eigenvalue weighted by molar-refractivity contribution is -0.275. The number of aliphatic hydroxyl groups excluding tert-OH is 3. The van der Waals surface area contributed by atoms with Crippen LogP contribution in [-0.4, -0.2) is 64.1 Å². The van der Waals surface area contributed by atoms with Gasteiger partial charge in [-0.3, -0.25) is 9.59 Å². The van der Waals surface area contributed by atoms with E-state index in [1.165, 1.54) is 13.8 Å². The van der Waals surface area contributed by atoms with E-state index < -0.39 is 58.3 Å². The molecule has 0 amide bonds. The van der Waals surface area contributed by atoms with Crippen molar-refractivity contribution in [3.05, 3.63) is 23.3 Å². The minimum atomic E-state index is -0.984. The fourth-order valence-corrected chi connectivity index (χ4v) is 10.7. The summed E-state index contributed by atoms with van der Waals surface area (Å²) in [5.74, 6) is -1.01. The lowest BCUT2D eigenvalue weighted by atomic mass is 9.36. The molecule has 3 fully saturated rings. The number of carbonyl (C=O) groups excluding carboxylic acids is 2. The number of hydrogen-bond donors (Lipinski definition) is 3. The van der Waals surface area contributed by atoms with Gasteiger partial charge in [0, 0.05) is 42.4 Å². The van der Waals surface area contributed by atoms with Crippen LogP contribution < -0.4 is 0 Å². The highest BCUT2D eigenvalue weighted by Crippen LogP contribution is 2.73. The normalized spacial score (nSPS) is 47.6. The maximum absolute atomic E-state index is 12.6. The molecule has 8 heteroatoms. The van der Waals surface area contributed by atoms with E-state index in [0.717, 1.165) is 17.6 Å². The molecule has 0 spiro atoms. The van der Waals surface area contributed by atoms with E-state index in [1.54, 1.807) is 0 Å². The Morgan fingerprint density at radius 3 is 2.21 bits per heavy atom. The van der Waals surface area contributed by atoms with Gasteiger partial charge in [-0.1, -0.05) is 66.2 Å². The van der Waals surface area contributed by atoms with Crippen molar-refractivity contribution in [3.63, 3.8) is 0 Å². The minimum absolute atomic E-state index is 0.0586. The van der Waals surface area contributed by atoms with Crippen molar-refractivity contribution in [3.8, 4) is 0 Å². The molecule has 0 unspecified atom stereocenters. The van der Waals surface area contributed by atoms with Gasteiger partial charge >= 0.3 is 11.9 Å². The molecule has 42 heavy (non-hydrogen) atoms. The lowest BCUT2D eigenvalue weighted by Gasteiger charge is -2.70. The van der Waals surface area contributed by atoms with Crippen molar-refractivity contribution >= 4 is 11.9 Å². The van der Waals surface area contributed by atoms with Gasteiger partial charge in [-0.2, -0.15) is 0 Å². The third-order valence-electron chi connectivity index (χ3n) is 12.3.